The second-order valence-corrected chi connectivity index (χ2v) is 7.23. The Hall–Kier alpha value is -3.01. The highest BCUT2D eigenvalue weighted by atomic mass is 32.1. The van der Waals surface area contributed by atoms with E-state index in [1.165, 1.54) is 12.0 Å². The van der Waals surface area contributed by atoms with Gasteiger partial charge in [0, 0.05) is 11.4 Å². The Morgan fingerprint density at radius 1 is 1.21 bits per heavy atom. The van der Waals surface area contributed by atoms with E-state index in [2.05, 4.69) is 5.32 Å². The van der Waals surface area contributed by atoms with E-state index >= 15 is 0 Å². The molecule has 1 aliphatic heterocycles. The number of nitrogens with zero attached hydrogens (tertiary/aromatic N) is 1. The Balaban J connectivity index is 1.98. The standard InChI is InChI=1S/C19H18F2N2O5S/c1-3-28-18(25)14-10-7-8-23(19(26)27-2)9-13(10)29-17(14)22-16(24)15-11(20)5-4-6-12(15)21/h4-6H,3,7-9H2,1-2H3,(H,22,24). The van der Waals surface area contributed by atoms with Crippen LogP contribution in [0.1, 0.15) is 38.1 Å². The lowest BCUT2D eigenvalue weighted by Crippen LogP contribution is -2.35. The van der Waals surface area contributed by atoms with Gasteiger partial charge in [-0.15, -0.1) is 11.3 Å². The summed E-state index contributed by atoms with van der Waals surface area (Å²) < 4.78 is 37.7. The first-order chi connectivity index (χ1) is 13.9. The Kier molecular flexibility index (Phi) is 6.12. The maximum Gasteiger partial charge on any atom is 0.409 e. The normalized spacial score (nSPS) is 12.9. The molecule has 0 atom stereocenters. The third kappa shape index (κ3) is 4.07. The van der Waals surface area contributed by atoms with Gasteiger partial charge in [-0.3, -0.25) is 4.79 Å². The Morgan fingerprint density at radius 2 is 1.90 bits per heavy atom. The summed E-state index contributed by atoms with van der Waals surface area (Å²) in [4.78, 5) is 38.9. The van der Waals surface area contributed by atoms with Crippen LogP contribution in [0.2, 0.25) is 0 Å². The molecule has 154 valence electrons. The molecule has 7 nitrogen and oxygen atoms in total. The van der Waals surface area contributed by atoms with E-state index in [1.54, 1.807) is 6.92 Å². The number of amides is 2. The molecular formula is C19H18F2N2O5S. The van der Waals surface area contributed by atoms with E-state index in [4.69, 9.17) is 9.47 Å². The highest BCUT2D eigenvalue weighted by molar-refractivity contribution is 7.17. The molecule has 2 aromatic rings. The summed E-state index contributed by atoms with van der Waals surface area (Å²) in [7, 11) is 1.27. The number of anilines is 1. The van der Waals surface area contributed by atoms with Crippen LogP contribution in [0.3, 0.4) is 0 Å². The number of nitrogens with one attached hydrogen (secondary N) is 1. The number of methoxy groups -OCH3 is 1. The van der Waals surface area contributed by atoms with Gasteiger partial charge in [0.15, 0.2) is 0 Å². The average Bonchev–Trinajstić information content (AvgIpc) is 3.04. The third-order valence-electron chi connectivity index (χ3n) is 4.39. The quantitative estimate of drug-likeness (QED) is 0.759. The summed E-state index contributed by atoms with van der Waals surface area (Å²) in [6, 6.07) is 3.09. The van der Waals surface area contributed by atoms with Crippen LogP contribution in [-0.4, -0.2) is 43.1 Å². The van der Waals surface area contributed by atoms with E-state index in [0.717, 1.165) is 29.5 Å². The summed E-state index contributed by atoms with van der Waals surface area (Å²) in [5.41, 5.74) is 0.0317. The molecular weight excluding hydrogens is 406 g/mol. The monoisotopic (exact) mass is 424 g/mol. The number of esters is 1. The summed E-state index contributed by atoms with van der Waals surface area (Å²) in [6.07, 6.45) is -0.167. The zero-order valence-corrected chi connectivity index (χ0v) is 16.5. The molecule has 1 aliphatic rings. The molecule has 0 bridgehead atoms. The highest BCUT2D eigenvalue weighted by Gasteiger charge is 2.32. The van der Waals surface area contributed by atoms with E-state index in [-0.39, 0.29) is 23.7 Å². The van der Waals surface area contributed by atoms with E-state index in [9.17, 15) is 23.2 Å². The first-order valence-electron chi connectivity index (χ1n) is 8.77. The molecule has 1 aromatic heterocycles. The van der Waals surface area contributed by atoms with Crippen molar-refractivity contribution < 1.29 is 32.6 Å². The lowest BCUT2D eigenvalue weighted by Gasteiger charge is -2.25. The molecule has 10 heteroatoms. The molecule has 0 fully saturated rings. The maximum atomic E-state index is 13.9. The van der Waals surface area contributed by atoms with Gasteiger partial charge in [0.05, 0.1) is 25.8 Å². The number of carbonyl (C=O) groups is 3. The smallest absolute Gasteiger partial charge is 0.409 e. The van der Waals surface area contributed by atoms with Gasteiger partial charge in [-0.2, -0.15) is 0 Å². The van der Waals surface area contributed by atoms with E-state index in [0.29, 0.717) is 23.4 Å². The number of rotatable bonds is 4. The second kappa shape index (κ2) is 8.56. The topological polar surface area (TPSA) is 84.9 Å². The molecule has 0 saturated heterocycles. The summed E-state index contributed by atoms with van der Waals surface area (Å²) in [5, 5.41) is 2.55. The Morgan fingerprint density at radius 3 is 2.52 bits per heavy atom. The van der Waals surface area contributed by atoms with Crippen molar-refractivity contribution in [1.29, 1.82) is 0 Å². The molecule has 1 aromatic carbocycles. The van der Waals surface area contributed by atoms with Gasteiger partial charge < -0.3 is 19.7 Å². The summed E-state index contributed by atoms with van der Waals surface area (Å²) in [6.45, 7) is 2.26. The lowest BCUT2D eigenvalue weighted by atomic mass is 10.0. The predicted octanol–water partition coefficient (Wildman–Crippen LogP) is 3.58. The van der Waals surface area contributed by atoms with Crippen LogP contribution in [0.25, 0.3) is 0 Å². The molecule has 0 radical (unpaired) electrons. The number of halogens is 2. The van der Waals surface area contributed by atoms with Gasteiger partial charge in [0.1, 0.15) is 22.2 Å². The summed E-state index contributed by atoms with van der Waals surface area (Å²) >= 11 is 1.06. The van der Waals surface area contributed by atoms with Crippen LogP contribution in [0.15, 0.2) is 18.2 Å². The number of fused-ring (bicyclic) bond motifs is 1. The minimum Gasteiger partial charge on any atom is -0.462 e. The second-order valence-electron chi connectivity index (χ2n) is 6.12. The van der Waals surface area contributed by atoms with Gasteiger partial charge in [-0.05, 0) is 31.0 Å². The number of ether oxygens (including phenoxy) is 2. The van der Waals surface area contributed by atoms with Crippen LogP contribution in [0, 0.1) is 11.6 Å². The summed E-state index contributed by atoms with van der Waals surface area (Å²) in [5.74, 6) is -3.70. The van der Waals surface area contributed by atoms with Gasteiger partial charge in [0.25, 0.3) is 5.91 Å². The lowest BCUT2D eigenvalue weighted by molar-refractivity contribution is 0.0526. The SMILES string of the molecule is CCOC(=O)c1c(NC(=O)c2c(F)cccc2F)sc2c1CCN(C(=O)OC)C2. The van der Waals surface area contributed by atoms with Crippen LogP contribution >= 0.6 is 11.3 Å². The molecule has 0 spiro atoms. The first-order valence-corrected chi connectivity index (χ1v) is 9.58. The van der Waals surface area contributed by atoms with E-state index < -0.39 is 35.2 Å². The molecule has 2 amide bonds. The van der Waals surface area contributed by atoms with Crippen LogP contribution in [0.4, 0.5) is 18.6 Å². The van der Waals surface area contributed by atoms with Crippen LogP contribution in [-0.2, 0) is 22.4 Å². The van der Waals surface area contributed by atoms with Crippen molar-refractivity contribution in [2.24, 2.45) is 0 Å². The molecule has 3 rings (SSSR count). The minimum atomic E-state index is -1.02. The molecule has 0 saturated carbocycles. The van der Waals surface area contributed by atoms with Crippen molar-refractivity contribution in [3.8, 4) is 0 Å². The van der Waals surface area contributed by atoms with Gasteiger partial charge in [0.2, 0.25) is 0 Å². The molecule has 2 heterocycles. The number of carbonyl (C=O) groups excluding carboxylic acids is 3. The van der Waals surface area contributed by atoms with Crippen LogP contribution in [0.5, 0.6) is 0 Å². The zero-order chi connectivity index (χ0) is 21.1. The fraction of sp³-hybridized carbons (Fsp3) is 0.316. The molecule has 1 N–H and O–H groups in total. The van der Waals surface area contributed by atoms with Crippen LogP contribution < -0.4 is 5.32 Å². The van der Waals surface area contributed by atoms with Crippen molar-refractivity contribution in [2.75, 3.05) is 25.6 Å². The largest absolute Gasteiger partial charge is 0.462 e. The third-order valence-corrected chi connectivity index (χ3v) is 5.52. The molecule has 0 unspecified atom stereocenters. The highest BCUT2D eigenvalue weighted by Crippen LogP contribution is 2.38. The average molecular weight is 424 g/mol. The number of hydrogen-bond acceptors (Lipinski definition) is 6. The van der Waals surface area contributed by atoms with E-state index in [1.807, 2.05) is 0 Å². The Bertz CT molecular complexity index is 955. The maximum absolute atomic E-state index is 13.9. The Labute approximate surface area is 169 Å². The minimum absolute atomic E-state index is 0.118. The number of hydrogen-bond donors (Lipinski definition) is 1. The van der Waals surface area contributed by atoms with Crippen molar-refractivity contribution in [1.82, 2.24) is 4.90 Å². The fourth-order valence-electron chi connectivity index (χ4n) is 3.08. The molecule has 29 heavy (non-hydrogen) atoms. The predicted molar refractivity (Wildman–Crippen MR) is 101 cm³/mol. The van der Waals surface area contributed by atoms with Gasteiger partial charge >= 0.3 is 12.1 Å². The van der Waals surface area contributed by atoms with Crippen molar-refractivity contribution in [3.63, 3.8) is 0 Å². The number of thiophene rings is 1. The van der Waals surface area contributed by atoms with Crippen molar-refractivity contribution >= 4 is 34.3 Å². The van der Waals surface area contributed by atoms with Gasteiger partial charge in [-0.25, -0.2) is 18.4 Å². The van der Waals surface area contributed by atoms with Crippen molar-refractivity contribution in [3.05, 3.63) is 51.4 Å². The first kappa shape index (κ1) is 20.7. The van der Waals surface area contributed by atoms with Gasteiger partial charge in [-0.1, -0.05) is 6.07 Å². The fourth-order valence-corrected chi connectivity index (χ4v) is 4.32. The zero-order valence-electron chi connectivity index (χ0n) is 15.7. The number of benzene rings is 1. The molecule has 0 aliphatic carbocycles. The van der Waals surface area contributed by atoms with Crippen molar-refractivity contribution in [2.45, 2.75) is 19.9 Å².